The monoisotopic (exact) mass is 279 g/mol. The third kappa shape index (κ3) is 4.21. The van der Waals surface area contributed by atoms with Gasteiger partial charge in [-0.25, -0.2) is 0 Å². The number of ether oxygens (including phenoxy) is 2. The van der Waals surface area contributed by atoms with Gasteiger partial charge < -0.3 is 19.9 Å². The zero-order chi connectivity index (χ0) is 14.4. The van der Waals surface area contributed by atoms with Gasteiger partial charge in [-0.3, -0.25) is 4.79 Å². The van der Waals surface area contributed by atoms with Crippen molar-refractivity contribution in [1.82, 2.24) is 5.32 Å². The Balaban J connectivity index is 1.84. The van der Waals surface area contributed by atoms with E-state index >= 15 is 0 Å². The minimum Gasteiger partial charge on any atom is -0.491 e. The molecule has 1 heterocycles. The topological polar surface area (TPSA) is 67.8 Å². The van der Waals surface area contributed by atoms with Gasteiger partial charge in [0, 0.05) is 18.2 Å². The van der Waals surface area contributed by atoms with Crippen LogP contribution in [-0.2, 0) is 4.74 Å². The van der Waals surface area contributed by atoms with E-state index in [0.717, 1.165) is 25.2 Å². The van der Waals surface area contributed by atoms with Gasteiger partial charge in [0.2, 0.25) is 0 Å². The molecule has 2 unspecified atom stereocenters. The summed E-state index contributed by atoms with van der Waals surface area (Å²) in [5, 5.41) is 11.6. The average molecular weight is 279 g/mol. The smallest absolute Gasteiger partial charge is 0.251 e. The Morgan fingerprint density at radius 3 is 2.85 bits per heavy atom. The average Bonchev–Trinajstić information content (AvgIpc) is 2.98. The summed E-state index contributed by atoms with van der Waals surface area (Å²) < 4.78 is 11.1. The summed E-state index contributed by atoms with van der Waals surface area (Å²) in [6.07, 6.45) is 2.32. The second-order valence-electron chi connectivity index (χ2n) is 5.03. The number of aliphatic hydroxyl groups is 1. The fourth-order valence-corrected chi connectivity index (χ4v) is 2.02. The Hall–Kier alpha value is -1.59. The molecule has 2 rings (SSSR count). The molecule has 5 nitrogen and oxygen atoms in total. The molecule has 110 valence electrons. The van der Waals surface area contributed by atoms with Crippen LogP contribution in [0.15, 0.2) is 24.3 Å². The van der Waals surface area contributed by atoms with Crippen LogP contribution in [0.1, 0.15) is 30.1 Å². The SMILES string of the molecule is CC(CO)NC(=O)c1ccc(OCC2CCCO2)cc1. The summed E-state index contributed by atoms with van der Waals surface area (Å²) in [7, 11) is 0. The van der Waals surface area contributed by atoms with Crippen LogP contribution in [0.5, 0.6) is 5.75 Å². The van der Waals surface area contributed by atoms with E-state index in [1.54, 1.807) is 31.2 Å². The standard InChI is InChI=1S/C15H21NO4/c1-11(9-17)16-15(18)12-4-6-13(7-5-12)20-10-14-3-2-8-19-14/h4-7,11,14,17H,2-3,8-10H2,1H3,(H,16,18). The first-order chi connectivity index (χ1) is 9.69. The van der Waals surface area contributed by atoms with Crippen molar-refractivity contribution in [3.63, 3.8) is 0 Å². The van der Waals surface area contributed by atoms with Gasteiger partial charge in [-0.1, -0.05) is 0 Å². The summed E-state index contributed by atoms with van der Waals surface area (Å²) in [4.78, 5) is 11.8. The lowest BCUT2D eigenvalue weighted by atomic mass is 10.2. The molecule has 1 aliphatic rings. The zero-order valence-electron chi connectivity index (χ0n) is 11.7. The molecule has 1 aromatic rings. The maximum Gasteiger partial charge on any atom is 0.251 e. The minimum atomic E-state index is -0.252. The highest BCUT2D eigenvalue weighted by Crippen LogP contribution is 2.16. The van der Waals surface area contributed by atoms with Gasteiger partial charge in [-0.2, -0.15) is 0 Å². The van der Waals surface area contributed by atoms with Crippen LogP contribution in [0, 0.1) is 0 Å². The summed E-state index contributed by atoms with van der Waals surface area (Å²) in [5.74, 6) is 0.532. The lowest BCUT2D eigenvalue weighted by molar-refractivity contribution is 0.0679. The zero-order valence-corrected chi connectivity index (χ0v) is 11.7. The molecule has 0 bridgehead atoms. The molecule has 0 spiro atoms. The molecule has 2 N–H and O–H groups in total. The highest BCUT2D eigenvalue weighted by molar-refractivity contribution is 5.94. The maximum absolute atomic E-state index is 11.8. The molecular formula is C15H21NO4. The van der Waals surface area contributed by atoms with Gasteiger partial charge in [-0.15, -0.1) is 0 Å². The van der Waals surface area contributed by atoms with Crippen molar-refractivity contribution in [1.29, 1.82) is 0 Å². The number of aliphatic hydroxyl groups excluding tert-OH is 1. The Labute approximate surface area is 118 Å². The lowest BCUT2D eigenvalue weighted by Crippen LogP contribution is -2.34. The molecule has 1 aromatic carbocycles. The fraction of sp³-hybridized carbons (Fsp3) is 0.533. The number of carbonyl (C=O) groups excluding carboxylic acids is 1. The second kappa shape index (κ2) is 7.26. The first kappa shape index (κ1) is 14.8. The van der Waals surface area contributed by atoms with Crippen LogP contribution < -0.4 is 10.1 Å². The number of rotatable bonds is 6. The number of amides is 1. The Morgan fingerprint density at radius 2 is 2.25 bits per heavy atom. The van der Waals surface area contributed by atoms with E-state index in [-0.39, 0.29) is 24.7 Å². The first-order valence-electron chi connectivity index (χ1n) is 6.95. The van der Waals surface area contributed by atoms with E-state index in [4.69, 9.17) is 14.6 Å². The largest absolute Gasteiger partial charge is 0.491 e. The van der Waals surface area contributed by atoms with Gasteiger partial charge in [0.25, 0.3) is 5.91 Å². The fourth-order valence-electron chi connectivity index (χ4n) is 2.02. The van der Waals surface area contributed by atoms with Crippen molar-refractivity contribution < 1.29 is 19.4 Å². The van der Waals surface area contributed by atoms with E-state index < -0.39 is 0 Å². The van der Waals surface area contributed by atoms with Crippen molar-refractivity contribution in [2.24, 2.45) is 0 Å². The molecule has 1 amide bonds. The van der Waals surface area contributed by atoms with Crippen molar-refractivity contribution in [2.75, 3.05) is 19.8 Å². The first-order valence-corrected chi connectivity index (χ1v) is 6.95. The minimum absolute atomic E-state index is 0.0751. The molecule has 1 fully saturated rings. The number of nitrogens with one attached hydrogen (secondary N) is 1. The molecule has 1 saturated heterocycles. The molecule has 0 saturated carbocycles. The molecule has 20 heavy (non-hydrogen) atoms. The van der Waals surface area contributed by atoms with Gasteiger partial charge >= 0.3 is 0 Å². The van der Waals surface area contributed by atoms with E-state index in [2.05, 4.69) is 5.32 Å². The molecular weight excluding hydrogens is 258 g/mol. The van der Waals surface area contributed by atoms with Crippen LogP contribution in [0.3, 0.4) is 0 Å². The van der Waals surface area contributed by atoms with Gasteiger partial charge in [-0.05, 0) is 44.0 Å². The van der Waals surface area contributed by atoms with E-state index in [9.17, 15) is 4.79 Å². The van der Waals surface area contributed by atoms with Crippen LogP contribution in [0.25, 0.3) is 0 Å². The summed E-state index contributed by atoms with van der Waals surface area (Å²) in [6.45, 7) is 3.04. The normalized spacial score (nSPS) is 19.6. The molecule has 0 aromatic heterocycles. The van der Waals surface area contributed by atoms with Crippen molar-refractivity contribution in [2.45, 2.75) is 31.9 Å². The molecule has 5 heteroatoms. The number of carbonyl (C=O) groups is 1. The molecule has 2 atom stereocenters. The Kier molecular flexibility index (Phi) is 5.38. The van der Waals surface area contributed by atoms with E-state index in [1.807, 2.05) is 0 Å². The summed E-state index contributed by atoms with van der Waals surface area (Å²) in [6, 6.07) is 6.72. The Morgan fingerprint density at radius 1 is 1.50 bits per heavy atom. The number of hydrogen-bond acceptors (Lipinski definition) is 4. The summed E-state index contributed by atoms with van der Waals surface area (Å²) in [5.41, 5.74) is 0.551. The quantitative estimate of drug-likeness (QED) is 0.825. The Bertz CT molecular complexity index is 426. The highest BCUT2D eigenvalue weighted by Gasteiger charge is 2.16. The van der Waals surface area contributed by atoms with Crippen molar-refractivity contribution in [3.8, 4) is 5.75 Å². The van der Waals surface area contributed by atoms with Gasteiger partial charge in [0.15, 0.2) is 0 Å². The van der Waals surface area contributed by atoms with Gasteiger partial charge in [0.1, 0.15) is 12.4 Å². The molecule has 0 aliphatic carbocycles. The summed E-state index contributed by atoms with van der Waals surface area (Å²) >= 11 is 0. The van der Waals surface area contributed by atoms with E-state index in [1.165, 1.54) is 0 Å². The molecule has 0 radical (unpaired) electrons. The lowest BCUT2D eigenvalue weighted by Gasteiger charge is -2.13. The number of benzene rings is 1. The van der Waals surface area contributed by atoms with Crippen LogP contribution in [0.2, 0.25) is 0 Å². The highest BCUT2D eigenvalue weighted by atomic mass is 16.5. The molecule has 1 aliphatic heterocycles. The van der Waals surface area contributed by atoms with E-state index in [0.29, 0.717) is 12.2 Å². The maximum atomic E-state index is 11.8. The van der Waals surface area contributed by atoms with Crippen molar-refractivity contribution in [3.05, 3.63) is 29.8 Å². The van der Waals surface area contributed by atoms with Crippen molar-refractivity contribution >= 4 is 5.91 Å². The third-order valence-electron chi connectivity index (χ3n) is 3.23. The third-order valence-corrected chi connectivity index (χ3v) is 3.23. The predicted molar refractivity (Wildman–Crippen MR) is 74.9 cm³/mol. The number of hydrogen-bond donors (Lipinski definition) is 2. The van der Waals surface area contributed by atoms with Crippen LogP contribution >= 0.6 is 0 Å². The van der Waals surface area contributed by atoms with Gasteiger partial charge in [0.05, 0.1) is 12.7 Å². The second-order valence-corrected chi connectivity index (χ2v) is 5.03. The van der Waals surface area contributed by atoms with Crippen LogP contribution in [-0.4, -0.2) is 43.0 Å². The predicted octanol–water partition coefficient (Wildman–Crippen LogP) is 1.36. The van der Waals surface area contributed by atoms with Crippen LogP contribution in [0.4, 0.5) is 0 Å².